The molecule has 0 saturated carbocycles. The Morgan fingerprint density at radius 3 is 2.42 bits per heavy atom. The van der Waals surface area contributed by atoms with Crippen molar-refractivity contribution in [1.29, 1.82) is 0 Å². The molecule has 0 radical (unpaired) electrons. The summed E-state index contributed by atoms with van der Waals surface area (Å²) in [6.45, 7) is 6.88. The van der Waals surface area contributed by atoms with Gasteiger partial charge in [0.25, 0.3) is 5.91 Å². The third-order valence-corrected chi connectivity index (χ3v) is 4.35. The largest absolute Gasteiger partial charge is 0.392 e. The van der Waals surface area contributed by atoms with Gasteiger partial charge in [-0.05, 0) is 43.4 Å². The van der Waals surface area contributed by atoms with Gasteiger partial charge < -0.3 is 10.4 Å². The van der Waals surface area contributed by atoms with Gasteiger partial charge in [0.2, 0.25) is 0 Å². The molecule has 0 atom stereocenters. The van der Waals surface area contributed by atoms with Gasteiger partial charge in [0.1, 0.15) is 5.69 Å². The highest BCUT2D eigenvalue weighted by Crippen LogP contribution is 2.17. The molecular formula is C19H27N3O2. The molecule has 24 heavy (non-hydrogen) atoms. The number of aromatic nitrogens is 2. The number of nitrogens with one attached hydrogen (secondary N) is 1. The molecule has 1 amide bonds. The van der Waals surface area contributed by atoms with Gasteiger partial charge in [0, 0.05) is 12.2 Å². The van der Waals surface area contributed by atoms with Gasteiger partial charge in [-0.1, -0.05) is 38.1 Å². The summed E-state index contributed by atoms with van der Waals surface area (Å²) in [7, 11) is 0. The Bertz CT molecular complexity index is 658. The number of amides is 1. The molecule has 5 heteroatoms. The van der Waals surface area contributed by atoms with Gasteiger partial charge in [-0.15, -0.1) is 0 Å². The number of hydrogen-bond acceptors (Lipinski definition) is 3. The number of aliphatic hydroxyl groups excluding tert-OH is 1. The standard InChI is InChI=1S/C19H27N3O2/c1-4-17(5-2)22-14(3)12-18(21-22)19(24)20-11-10-15-6-8-16(13-23)9-7-15/h6-9,12,17,23H,4-5,10-11,13H2,1-3H3,(H,20,24). The molecule has 0 fully saturated rings. The minimum atomic E-state index is -0.130. The zero-order valence-corrected chi connectivity index (χ0v) is 14.7. The summed E-state index contributed by atoms with van der Waals surface area (Å²) < 4.78 is 1.96. The summed E-state index contributed by atoms with van der Waals surface area (Å²) in [5.74, 6) is -0.130. The Kier molecular flexibility index (Phi) is 6.55. The Morgan fingerprint density at radius 2 is 1.83 bits per heavy atom. The van der Waals surface area contributed by atoms with Crippen LogP contribution in [-0.4, -0.2) is 27.3 Å². The summed E-state index contributed by atoms with van der Waals surface area (Å²) in [4.78, 5) is 12.3. The molecule has 5 nitrogen and oxygen atoms in total. The van der Waals surface area contributed by atoms with Crippen LogP contribution in [0.4, 0.5) is 0 Å². The van der Waals surface area contributed by atoms with Crippen molar-refractivity contribution in [2.75, 3.05) is 6.54 Å². The number of rotatable bonds is 8. The highest BCUT2D eigenvalue weighted by atomic mass is 16.3. The highest BCUT2D eigenvalue weighted by Gasteiger charge is 2.15. The zero-order chi connectivity index (χ0) is 17.5. The highest BCUT2D eigenvalue weighted by molar-refractivity contribution is 5.92. The predicted octanol–water partition coefficient (Wildman–Crippen LogP) is 3.02. The molecule has 0 spiro atoms. The maximum absolute atomic E-state index is 12.3. The van der Waals surface area contributed by atoms with Gasteiger partial charge >= 0.3 is 0 Å². The van der Waals surface area contributed by atoms with Gasteiger partial charge in [-0.2, -0.15) is 5.10 Å². The Morgan fingerprint density at radius 1 is 1.21 bits per heavy atom. The molecule has 1 heterocycles. The van der Waals surface area contributed by atoms with Crippen molar-refractivity contribution in [2.45, 2.75) is 52.7 Å². The number of nitrogens with zero attached hydrogens (tertiary/aromatic N) is 2. The Labute approximate surface area is 143 Å². The van der Waals surface area contributed by atoms with E-state index in [1.165, 1.54) is 0 Å². The van der Waals surface area contributed by atoms with E-state index in [2.05, 4.69) is 24.3 Å². The molecule has 1 aromatic heterocycles. The van der Waals surface area contributed by atoms with Gasteiger partial charge in [-0.25, -0.2) is 0 Å². The number of aryl methyl sites for hydroxylation is 1. The normalized spacial score (nSPS) is 11.0. The molecule has 0 unspecified atom stereocenters. The maximum atomic E-state index is 12.3. The SMILES string of the molecule is CCC(CC)n1nc(C(=O)NCCc2ccc(CO)cc2)cc1C. The molecule has 0 aliphatic rings. The first-order valence-electron chi connectivity index (χ1n) is 8.62. The average Bonchev–Trinajstić information content (AvgIpc) is 2.98. The minimum absolute atomic E-state index is 0.0511. The van der Waals surface area contributed by atoms with Crippen molar-refractivity contribution in [3.63, 3.8) is 0 Å². The predicted molar refractivity (Wildman–Crippen MR) is 95.0 cm³/mol. The summed E-state index contributed by atoms with van der Waals surface area (Å²) in [6, 6.07) is 9.95. The number of carbonyl (C=O) groups is 1. The molecule has 0 aliphatic heterocycles. The van der Waals surface area contributed by atoms with Crippen LogP contribution < -0.4 is 5.32 Å². The van der Waals surface area contributed by atoms with Crippen LogP contribution in [0.25, 0.3) is 0 Å². The van der Waals surface area contributed by atoms with Crippen molar-refractivity contribution >= 4 is 5.91 Å². The lowest BCUT2D eigenvalue weighted by Crippen LogP contribution is -2.26. The van der Waals surface area contributed by atoms with Crippen LogP contribution >= 0.6 is 0 Å². The first-order chi connectivity index (χ1) is 11.6. The van der Waals surface area contributed by atoms with Crippen LogP contribution in [0.1, 0.15) is 60.0 Å². The first kappa shape index (κ1) is 18.2. The smallest absolute Gasteiger partial charge is 0.271 e. The number of aliphatic hydroxyl groups is 1. The molecule has 1 aromatic carbocycles. The Hall–Kier alpha value is -2.14. The van der Waals surface area contributed by atoms with Gasteiger partial charge in [-0.3, -0.25) is 9.48 Å². The molecule has 2 aromatic rings. The lowest BCUT2D eigenvalue weighted by Gasteiger charge is -2.14. The van der Waals surface area contributed by atoms with Crippen LogP contribution in [0.5, 0.6) is 0 Å². The molecule has 130 valence electrons. The minimum Gasteiger partial charge on any atom is -0.392 e. The monoisotopic (exact) mass is 329 g/mol. The lowest BCUT2D eigenvalue weighted by atomic mass is 10.1. The third-order valence-electron chi connectivity index (χ3n) is 4.35. The van der Waals surface area contributed by atoms with Gasteiger partial charge in [0.05, 0.1) is 12.6 Å². The quantitative estimate of drug-likeness (QED) is 0.782. The van der Waals surface area contributed by atoms with E-state index in [-0.39, 0.29) is 12.5 Å². The molecule has 2 rings (SSSR count). The average molecular weight is 329 g/mol. The summed E-state index contributed by atoms with van der Waals surface area (Å²) >= 11 is 0. The topological polar surface area (TPSA) is 67.2 Å². The summed E-state index contributed by atoms with van der Waals surface area (Å²) in [6.07, 6.45) is 2.76. The van der Waals surface area contributed by atoms with Crippen LogP contribution in [0.2, 0.25) is 0 Å². The number of benzene rings is 1. The second-order valence-electron chi connectivity index (χ2n) is 6.07. The second kappa shape index (κ2) is 8.64. The fourth-order valence-electron chi connectivity index (χ4n) is 2.83. The van der Waals surface area contributed by atoms with Crippen molar-refractivity contribution in [3.8, 4) is 0 Å². The van der Waals surface area contributed by atoms with Crippen LogP contribution in [-0.2, 0) is 13.0 Å². The van der Waals surface area contributed by atoms with Crippen molar-refractivity contribution in [3.05, 3.63) is 52.8 Å². The van der Waals surface area contributed by atoms with E-state index in [1.54, 1.807) is 0 Å². The van der Waals surface area contributed by atoms with E-state index in [1.807, 2.05) is 41.9 Å². The van der Waals surface area contributed by atoms with E-state index in [9.17, 15) is 4.79 Å². The van der Waals surface area contributed by atoms with Gasteiger partial charge in [0.15, 0.2) is 0 Å². The Balaban J connectivity index is 1.91. The molecule has 0 bridgehead atoms. The van der Waals surface area contributed by atoms with Crippen molar-refractivity contribution in [2.24, 2.45) is 0 Å². The molecule has 0 saturated heterocycles. The third kappa shape index (κ3) is 4.45. The molecule has 0 aliphatic carbocycles. The van der Waals surface area contributed by atoms with Crippen LogP contribution in [0, 0.1) is 6.92 Å². The van der Waals surface area contributed by atoms with Crippen LogP contribution in [0.3, 0.4) is 0 Å². The summed E-state index contributed by atoms with van der Waals surface area (Å²) in [5, 5.41) is 16.4. The number of carbonyl (C=O) groups excluding carboxylic acids is 1. The zero-order valence-electron chi connectivity index (χ0n) is 14.7. The van der Waals surface area contributed by atoms with Crippen molar-refractivity contribution < 1.29 is 9.90 Å². The molecule has 2 N–H and O–H groups in total. The number of hydrogen-bond donors (Lipinski definition) is 2. The van der Waals surface area contributed by atoms with E-state index in [0.717, 1.165) is 36.1 Å². The fraction of sp³-hybridized carbons (Fsp3) is 0.474. The van der Waals surface area contributed by atoms with Crippen LogP contribution in [0.15, 0.2) is 30.3 Å². The van der Waals surface area contributed by atoms with E-state index in [0.29, 0.717) is 18.3 Å². The van der Waals surface area contributed by atoms with E-state index < -0.39 is 0 Å². The van der Waals surface area contributed by atoms with Crippen molar-refractivity contribution in [1.82, 2.24) is 15.1 Å². The maximum Gasteiger partial charge on any atom is 0.271 e. The first-order valence-corrected chi connectivity index (χ1v) is 8.62. The lowest BCUT2D eigenvalue weighted by molar-refractivity contribution is 0.0948. The fourth-order valence-corrected chi connectivity index (χ4v) is 2.83. The van der Waals surface area contributed by atoms with E-state index >= 15 is 0 Å². The van der Waals surface area contributed by atoms with E-state index in [4.69, 9.17) is 5.11 Å². The second-order valence-corrected chi connectivity index (χ2v) is 6.07. The molecular weight excluding hydrogens is 302 g/mol. The summed E-state index contributed by atoms with van der Waals surface area (Å²) in [5.41, 5.74) is 3.53.